The Kier molecular flexibility index (Phi) is 2.59. The van der Waals surface area contributed by atoms with Gasteiger partial charge in [-0.3, -0.25) is 0 Å². The van der Waals surface area contributed by atoms with Crippen LogP contribution in [-0.2, 0) is 4.74 Å². The summed E-state index contributed by atoms with van der Waals surface area (Å²) in [6.45, 7) is 0. The average Bonchev–Trinajstić information content (AvgIpc) is 2.32. The first kappa shape index (κ1) is 11.2. The number of benzene rings is 2. The highest BCUT2D eigenvalue weighted by Crippen LogP contribution is 2.35. The molecule has 2 rings (SSSR count). The van der Waals surface area contributed by atoms with Crippen molar-refractivity contribution in [2.24, 2.45) is 0 Å². The average molecular weight is 236 g/mol. The molecule has 2 aromatic carbocycles. The number of aromatic hydroxyl groups is 2. The van der Waals surface area contributed by atoms with Crippen molar-refractivity contribution in [3.63, 3.8) is 0 Å². The number of carbonyl (C=O) groups excluding carboxylic acids is 1. The van der Waals surface area contributed by atoms with Crippen LogP contribution in [0.4, 0.5) is 4.39 Å². The number of esters is 1. The molecule has 0 aliphatic rings. The van der Waals surface area contributed by atoms with Crippen LogP contribution in [0.25, 0.3) is 10.8 Å². The number of phenols is 2. The third-order valence-corrected chi connectivity index (χ3v) is 2.45. The molecule has 0 saturated carbocycles. The fraction of sp³-hybridized carbons (Fsp3) is 0.0833. The van der Waals surface area contributed by atoms with E-state index in [1.807, 2.05) is 0 Å². The molecule has 0 aliphatic carbocycles. The Balaban J connectivity index is 2.82. The van der Waals surface area contributed by atoms with Gasteiger partial charge in [0.1, 0.15) is 22.9 Å². The fourth-order valence-corrected chi connectivity index (χ4v) is 1.63. The summed E-state index contributed by atoms with van der Waals surface area (Å²) in [5.74, 6) is -2.01. The molecule has 0 bridgehead atoms. The Bertz CT molecular complexity index is 607. The quantitative estimate of drug-likeness (QED) is 0.588. The van der Waals surface area contributed by atoms with Gasteiger partial charge in [-0.05, 0) is 24.3 Å². The van der Waals surface area contributed by atoms with E-state index in [4.69, 9.17) is 0 Å². The summed E-state index contributed by atoms with van der Waals surface area (Å²) >= 11 is 0. The van der Waals surface area contributed by atoms with Gasteiger partial charge in [0.2, 0.25) is 0 Å². The molecule has 0 aliphatic heterocycles. The number of ether oxygens (including phenoxy) is 1. The molecule has 0 unspecified atom stereocenters. The lowest BCUT2D eigenvalue weighted by molar-refractivity contribution is 0.0597. The second kappa shape index (κ2) is 3.93. The lowest BCUT2D eigenvalue weighted by Crippen LogP contribution is -2.01. The van der Waals surface area contributed by atoms with Gasteiger partial charge in [-0.1, -0.05) is 0 Å². The van der Waals surface area contributed by atoms with E-state index in [0.717, 1.165) is 25.3 Å². The molecule has 0 radical (unpaired) electrons. The number of hydrogen-bond donors (Lipinski definition) is 2. The van der Waals surface area contributed by atoms with Crippen LogP contribution < -0.4 is 0 Å². The van der Waals surface area contributed by atoms with Crippen molar-refractivity contribution in [1.82, 2.24) is 0 Å². The first-order valence-corrected chi connectivity index (χ1v) is 4.77. The summed E-state index contributed by atoms with van der Waals surface area (Å²) < 4.78 is 17.5. The van der Waals surface area contributed by atoms with Gasteiger partial charge in [0.25, 0.3) is 0 Å². The van der Waals surface area contributed by atoms with E-state index in [2.05, 4.69) is 4.74 Å². The molecular weight excluding hydrogens is 227 g/mol. The first-order valence-electron chi connectivity index (χ1n) is 4.77. The number of phenolic OH excluding ortho intramolecular Hbond substituents is 2. The highest BCUT2D eigenvalue weighted by molar-refractivity contribution is 6.03. The van der Waals surface area contributed by atoms with E-state index >= 15 is 0 Å². The minimum absolute atomic E-state index is 0.0606. The van der Waals surface area contributed by atoms with Gasteiger partial charge in [-0.2, -0.15) is 0 Å². The number of hydrogen-bond acceptors (Lipinski definition) is 4. The molecule has 17 heavy (non-hydrogen) atoms. The monoisotopic (exact) mass is 236 g/mol. The molecule has 0 aromatic heterocycles. The summed E-state index contributed by atoms with van der Waals surface area (Å²) in [5, 5.41) is 19.8. The molecule has 0 fully saturated rings. The van der Waals surface area contributed by atoms with Crippen LogP contribution in [0.15, 0.2) is 24.3 Å². The molecular formula is C12H9FO4. The Labute approximate surface area is 95.9 Å². The van der Waals surface area contributed by atoms with Crippen LogP contribution in [0.2, 0.25) is 0 Å². The van der Waals surface area contributed by atoms with E-state index in [9.17, 15) is 19.4 Å². The summed E-state index contributed by atoms with van der Waals surface area (Å²) in [5.41, 5.74) is -0.205. The van der Waals surface area contributed by atoms with Crippen LogP contribution >= 0.6 is 0 Å². The third kappa shape index (κ3) is 1.75. The Morgan fingerprint density at radius 2 is 1.94 bits per heavy atom. The van der Waals surface area contributed by atoms with Crippen molar-refractivity contribution in [3.05, 3.63) is 35.6 Å². The van der Waals surface area contributed by atoms with Gasteiger partial charge in [0, 0.05) is 10.8 Å². The van der Waals surface area contributed by atoms with Crippen LogP contribution in [0.5, 0.6) is 11.5 Å². The minimum Gasteiger partial charge on any atom is -0.507 e. The van der Waals surface area contributed by atoms with Crippen molar-refractivity contribution in [2.45, 2.75) is 0 Å². The van der Waals surface area contributed by atoms with Crippen LogP contribution in [0, 0.1) is 5.82 Å². The number of methoxy groups -OCH3 is 1. The molecule has 0 amide bonds. The molecule has 5 heteroatoms. The molecule has 0 heterocycles. The maximum absolute atomic E-state index is 13.1. The lowest BCUT2D eigenvalue weighted by atomic mass is 10.0. The van der Waals surface area contributed by atoms with Crippen molar-refractivity contribution in [2.75, 3.05) is 7.11 Å². The summed E-state index contributed by atoms with van der Waals surface area (Å²) in [6.07, 6.45) is 0. The summed E-state index contributed by atoms with van der Waals surface area (Å²) in [7, 11) is 1.15. The predicted molar refractivity (Wildman–Crippen MR) is 58.6 cm³/mol. The SMILES string of the molecule is COC(=O)c1cc(O)c2ccc(F)cc2c1O. The maximum Gasteiger partial charge on any atom is 0.341 e. The van der Waals surface area contributed by atoms with Crippen molar-refractivity contribution < 1.29 is 24.1 Å². The highest BCUT2D eigenvalue weighted by atomic mass is 19.1. The number of carbonyl (C=O) groups is 1. The van der Waals surface area contributed by atoms with Gasteiger partial charge >= 0.3 is 5.97 Å². The zero-order chi connectivity index (χ0) is 12.6. The van der Waals surface area contributed by atoms with Gasteiger partial charge < -0.3 is 14.9 Å². The first-order chi connectivity index (χ1) is 8.04. The Hall–Kier alpha value is -2.30. The minimum atomic E-state index is -0.802. The fourth-order valence-electron chi connectivity index (χ4n) is 1.63. The molecule has 0 spiro atoms. The van der Waals surface area contributed by atoms with Gasteiger partial charge in [0.05, 0.1) is 7.11 Å². The molecule has 2 aromatic rings. The number of fused-ring (bicyclic) bond motifs is 1. The van der Waals surface area contributed by atoms with Crippen LogP contribution in [0.1, 0.15) is 10.4 Å². The zero-order valence-electron chi connectivity index (χ0n) is 8.90. The second-order valence-electron chi connectivity index (χ2n) is 3.47. The van der Waals surface area contributed by atoms with Crippen molar-refractivity contribution in [1.29, 1.82) is 0 Å². The number of halogens is 1. The highest BCUT2D eigenvalue weighted by Gasteiger charge is 2.17. The third-order valence-electron chi connectivity index (χ3n) is 2.45. The van der Waals surface area contributed by atoms with E-state index < -0.39 is 17.5 Å². The van der Waals surface area contributed by atoms with Crippen molar-refractivity contribution in [3.8, 4) is 11.5 Å². The second-order valence-corrected chi connectivity index (χ2v) is 3.47. The molecule has 0 atom stereocenters. The molecule has 88 valence electrons. The predicted octanol–water partition coefficient (Wildman–Crippen LogP) is 2.18. The van der Waals surface area contributed by atoms with Gasteiger partial charge in [-0.25, -0.2) is 9.18 Å². The lowest BCUT2D eigenvalue weighted by Gasteiger charge is -2.08. The topological polar surface area (TPSA) is 66.8 Å². The van der Waals surface area contributed by atoms with Crippen LogP contribution in [0.3, 0.4) is 0 Å². The maximum atomic E-state index is 13.1. The number of rotatable bonds is 1. The largest absolute Gasteiger partial charge is 0.507 e. The van der Waals surface area contributed by atoms with E-state index in [0.29, 0.717) is 0 Å². The van der Waals surface area contributed by atoms with Crippen LogP contribution in [-0.4, -0.2) is 23.3 Å². The Morgan fingerprint density at radius 1 is 1.24 bits per heavy atom. The standard InChI is InChI=1S/C12H9FO4/c1-17-12(16)9-5-10(14)7-3-2-6(13)4-8(7)11(9)15/h2-5,14-15H,1H3. The molecule has 0 saturated heterocycles. The summed E-state index contributed by atoms with van der Waals surface area (Å²) in [6, 6.07) is 4.60. The van der Waals surface area contributed by atoms with E-state index in [1.54, 1.807) is 0 Å². The molecule has 2 N–H and O–H groups in total. The Morgan fingerprint density at radius 3 is 2.59 bits per heavy atom. The smallest absolute Gasteiger partial charge is 0.341 e. The normalized spacial score (nSPS) is 10.5. The van der Waals surface area contributed by atoms with E-state index in [-0.39, 0.29) is 22.1 Å². The van der Waals surface area contributed by atoms with Gasteiger partial charge in [-0.15, -0.1) is 0 Å². The summed E-state index contributed by atoms with van der Waals surface area (Å²) in [4.78, 5) is 11.3. The van der Waals surface area contributed by atoms with Crippen molar-refractivity contribution >= 4 is 16.7 Å². The zero-order valence-corrected chi connectivity index (χ0v) is 8.90. The van der Waals surface area contributed by atoms with E-state index in [1.165, 1.54) is 6.07 Å². The van der Waals surface area contributed by atoms with Gasteiger partial charge in [0.15, 0.2) is 0 Å². The molecule has 4 nitrogen and oxygen atoms in total.